The lowest BCUT2D eigenvalue weighted by Gasteiger charge is -2.45. The van der Waals surface area contributed by atoms with E-state index in [4.69, 9.17) is 4.74 Å². The fourth-order valence-corrected chi connectivity index (χ4v) is 4.01. The Hall–Kier alpha value is -0.810. The first kappa shape index (κ1) is 16.1. The maximum absolute atomic E-state index is 12.1. The number of carbonyl (C=O) groups excluding carboxylic acids is 1. The highest BCUT2D eigenvalue weighted by Crippen LogP contribution is 2.28. The van der Waals surface area contributed by atoms with Crippen LogP contribution in [0.1, 0.15) is 40.0 Å². The molecule has 4 aliphatic rings. The standard InChI is InChI=1S/C17H31N3O2/c1-17(2,3)22-16(21)20-9-4-13(11-20)10-18-15-12-19-7-5-14(15)6-8-19/h13-15,18H,4-12H2,1-3H3. The summed E-state index contributed by atoms with van der Waals surface area (Å²) in [6.07, 6.45) is 3.64. The van der Waals surface area contributed by atoms with Crippen LogP contribution in [0, 0.1) is 11.8 Å². The summed E-state index contributed by atoms with van der Waals surface area (Å²) < 4.78 is 5.46. The lowest BCUT2D eigenvalue weighted by atomic mass is 9.84. The molecule has 1 N–H and O–H groups in total. The third-order valence-electron chi connectivity index (χ3n) is 5.26. The molecule has 0 aliphatic carbocycles. The van der Waals surface area contributed by atoms with Crippen LogP contribution in [0.15, 0.2) is 0 Å². The molecule has 1 amide bonds. The van der Waals surface area contributed by atoms with E-state index < -0.39 is 5.60 Å². The SMILES string of the molecule is CC(C)(C)OC(=O)N1CCC(CNC2CN3CCC2CC3)C1. The summed E-state index contributed by atoms with van der Waals surface area (Å²) >= 11 is 0. The predicted octanol–water partition coefficient (Wildman–Crippen LogP) is 1.93. The highest BCUT2D eigenvalue weighted by molar-refractivity contribution is 5.68. The Balaban J connectivity index is 1.41. The van der Waals surface area contributed by atoms with Gasteiger partial charge in [-0.2, -0.15) is 0 Å². The minimum absolute atomic E-state index is 0.155. The average Bonchev–Trinajstić information content (AvgIpc) is 2.94. The van der Waals surface area contributed by atoms with E-state index in [2.05, 4.69) is 10.2 Å². The van der Waals surface area contributed by atoms with Crippen LogP contribution >= 0.6 is 0 Å². The number of amides is 1. The Morgan fingerprint density at radius 1 is 1.14 bits per heavy atom. The number of nitrogens with one attached hydrogen (secondary N) is 1. The van der Waals surface area contributed by atoms with E-state index in [1.54, 1.807) is 0 Å². The van der Waals surface area contributed by atoms with Gasteiger partial charge in [-0.05, 0) is 65.0 Å². The summed E-state index contributed by atoms with van der Waals surface area (Å²) in [4.78, 5) is 16.5. The average molecular weight is 309 g/mol. The van der Waals surface area contributed by atoms with Crippen LogP contribution < -0.4 is 5.32 Å². The van der Waals surface area contributed by atoms with Crippen molar-refractivity contribution in [3.8, 4) is 0 Å². The van der Waals surface area contributed by atoms with Crippen LogP contribution in [0.5, 0.6) is 0 Å². The minimum Gasteiger partial charge on any atom is -0.444 e. The molecular formula is C17H31N3O2. The van der Waals surface area contributed by atoms with Crippen molar-refractivity contribution in [2.24, 2.45) is 11.8 Å². The second-order valence-electron chi connectivity index (χ2n) is 8.23. The topological polar surface area (TPSA) is 44.8 Å². The van der Waals surface area contributed by atoms with Crippen molar-refractivity contribution >= 4 is 6.09 Å². The van der Waals surface area contributed by atoms with Crippen molar-refractivity contribution in [3.63, 3.8) is 0 Å². The molecule has 22 heavy (non-hydrogen) atoms. The quantitative estimate of drug-likeness (QED) is 0.865. The van der Waals surface area contributed by atoms with Gasteiger partial charge in [0.1, 0.15) is 5.60 Å². The number of rotatable bonds is 3. The third kappa shape index (κ3) is 3.93. The van der Waals surface area contributed by atoms with Crippen molar-refractivity contribution in [1.82, 2.24) is 15.1 Å². The molecule has 0 saturated carbocycles. The number of fused-ring (bicyclic) bond motifs is 3. The molecule has 4 rings (SSSR count). The van der Waals surface area contributed by atoms with E-state index in [1.807, 2.05) is 25.7 Å². The molecule has 2 bridgehead atoms. The number of nitrogens with zero attached hydrogens (tertiary/aromatic N) is 2. The van der Waals surface area contributed by atoms with Gasteiger partial charge in [0, 0.05) is 32.2 Å². The van der Waals surface area contributed by atoms with Gasteiger partial charge >= 0.3 is 6.09 Å². The molecule has 126 valence electrons. The zero-order chi connectivity index (χ0) is 15.7. The summed E-state index contributed by atoms with van der Waals surface area (Å²) in [5.41, 5.74) is -0.400. The minimum atomic E-state index is -0.400. The van der Waals surface area contributed by atoms with Crippen LogP contribution in [0.4, 0.5) is 4.79 Å². The van der Waals surface area contributed by atoms with Crippen LogP contribution in [0.2, 0.25) is 0 Å². The van der Waals surface area contributed by atoms with Gasteiger partial charge in [0.05, 0.1) is 0 Å². The second kappa shape index (κ2) is 6.36. The Labute approximate surface area is 134 Å². The number of carbonyl (C=O) groups is 1. The van der Waals surface area contributed by atoms with E-state index in [-0.39, 0.29) is 6.09 Å². The summed E-state index contributed by atoms with van der Waals surface area (Å²) in [6.45, 7) is 12.3. The maximum atomic E-state index is 12.1. The number of ether oxygens (including phenoxy) is 1. The predicted molar refractivity (Wildman–Crippen MR) is 86.9 cm³/mol. The molecule has 0 aromatic carbocycles. The molecule has 4 fully saturated rings. The highest BCUT2D eigenvalue weighted by Gasteiger charge is 2.35. The molecule has 0 aromatic rings. The molecule has 5 heteroatoms. The van der Waals surface area contributed by atoms with Gasteiger partial charge in [-0.1, -0.05) is 0 Å². The van der Waals surface area contributed by atoms with Crippen molar-refractivity contribution < 1.29 is 9.53 Å². The Morgan fingerprint density at radius 3 is 2.45 bits per heavy atom. The summed E-state index contributed by atoms with van der Waals surface area (Å²) in [5.74, 6) is 1.44. The molecule has 5 nitrogen and oxygen atoms in total. The van der Waals surface area contributed by atoms with E-state index in [9.17, 15) is 4.79 Å². The smallest absolute Gasteiger partial charge is 0.410 e. The summed E-state index contributed by atoms with van der Waals surface area (Å²) in [7, 11) is 0. The number of hydrogen-bond acceptors (Lipinski definition) is 4. The first-order valence-electron chi connectivity index (χ1n) is 8.84. The van der Waals surface area contributed by atoms with Crippen LogP contribution in [-0.2, 0) is 4.74 Å². The zero-order valence-electron chi connectivity index (χ0n) is 14.3. The van der Waals surface area contributed by atoms with Crippen LogP contribution in [-0.4, -0.2) is 66.8 Å². The Kier molecular flexibility index (Phi) is 4.64. The lowest BCUT2D eigenvalue weighted by molar-refractivity contribution is 0.0286. The highest BCUT2D eigenvalue weighted by atomic mass is 16.6. The summed E-state index contributed by atoms with van der Waals surface area (Å²) in [6, 6.07) is 0.665. The van der Waals surface area contributed by atoms with Crippen LogP contribution in [0.25, 0.3) is 0 Å². The van der Waals surface area contributed by atoms with Gasteiger partial charge in [-0.25, -0.2) is 4.79 Å². The van der Waals surface area contributed by atoms with Gasteiger partial charge in [0.25, 0.3) is 0 Å². The van der Waals surface area contributed by atoms with E-state index in [0.29, 0.717) is 12.0 Å². The Bertz CT molecular complexity index is 399. The normalized spacial score (nSPS) is 35.0. The zero-order valence-corrected chi connectivity index (χ0v) is 14.3. The maximum Gasteiger partial charge on any atom is 0.410 e. The molecule has 2 unspecified atom stereocenters. The fraction of sp³-hybridized carbons (Fsp3) is 0.941. The second-order valence-corrected chi connectivity index (χ2v) is 8.23. The van der Waals surface area contributed by atoms with Crippen molar-refractivity contribution in [2.75, 3.05) is 39.3 Å². The largest absolute Gasteiger partial charge is 0.444 e. The molecule has 4 heterocycles. The fourth-order valence-electron chi connectivity index (χ4n) is 4.01. The van der Waals surface area contributed by atoms with Crippen molar-refractivity contribution in [2.45, 2.75) is 51.7 Å². The van der Waals surface area contributed by atoms with Gasteiger partial charge in [-0.3, -0.25) is 0 Å². The number of hydrogen-bond donors (Lipinski definition) is 1. The molecule has 0 spiro atoms. The first-order chi connectivity index (χ1) is 10.4. The first-order valence-corrected chi connectivity index (χ1v) is 8.84. The van der Waals surface area contributed by atoms with E-state index in [0.717, 1.165) is 32.0 Å². The molecule has 4 saturated heterocycles. The van der Waals surface area contributed by atoms with E-state index in [1.165, 1.54) is 32.5 Å². The molecular weight excluding hydrogens is 278 g/mol. The Morgan fingerprint density at radius 2 is 1.86 bits per heavy atom. The third-order valence-corrected chi connectivity index (χ3v) is 5.26. The van der Waals surface area contributed by atoms with Gasteiger partial charge in [0.2, 0.25) is 0 Å². The summed E-state index contributed by atoms with van der Waals surface area (Å²) in [5, 5.41) is 3.78. The number of piperidine rings is 3. The van der Waals surface area contributed by atoms with E-state index >= 15 is 0 Å². The van der Waals surface area contributed by atoms with Crippen LogP contribution in [0.3, 0.4) is 0 Å². The van der Waals surface area contributed by atoms with Gasteiger partial charge in [0.15, 0.2) is 0 Å². The molecule has 0 aromatic heterocycles. The monoisotopic (exact) mass is 309 g/mol. The molecule has 2 atom stereocenters. The van der Waals surface area contributed by atoms with Gasteiger partial charge in [-0.15, -0.1) is 0 Å². The molecule has 0 radical (unpaired) electrons. The van der Waals surface area contributed by atoms with Crippen molar-refractivity contribution in [3.05, 3.63) is 0 Å². The lowest BCUT2D eigenvalue weighted by Crippen LogP contribution is -2.56. The number of likely N-dealkylation sites (tertiary alicyclic amines) is 1. The molecule has 4 aliphatic heterocycles. The van der Waals surface area contributed by atoms with Gasteiger partial charge < -0.3 is 19.9 Å². The van der Waals surface area contributed by atoms with Crippen molar-refractivity contribution in [1.29, 1.82) is 0 Å².